The number of ether oxygens (including phenoxy) is 1. The molecule has 1 saturated heterocycles. The molecular weight excluding hydrogens is 394 g/mol. The third-order valence-corrected chi connectivity index (χ3v) is 5.20. The number of para-hydroxylation sites is 1. The van der Waals surface area contributed by atoms with E-state index in [0.29, 0.717) is 12.5 Å². The number of nitrogens with one attached hydrogen (secondary N) is 1. The lowest BCUT2D eigenvalue weighted by Crippen LogP contribution is -2.43. The molecule has 0 saturated carbocycles. The lowest BCUT2D eigenvalue weighted by atomic mass is 10.0. The van der Waals surface area contributed by atoms with Crippen molar-refractivity contribution in [3.63, 3.8) is 0 Å². The number of piperidine rings is 1. The number of halogens is 1. The molecule has 138 valence electrons. The van der Waals surface area contributed by atoms with Gasteiger partial charge in [-0.25, -0.2) is 4.98 Å². The summed E-state index contributed by atoms with van der Waals surface area (Å²) in [6.45, 7) is 3.58. The molecule has 1 amide bonds. The van der Waals surface area contributed by atoms with Crippen molar-refractivity contribution in [1.82, 2.24) is 9.88 Å². The summed E-state index contributed by atoms with van der Waals surface area (Å²) >= 11 is 3.44. The number of amides is 1. The lowest BCUT2D eigenvalue weighted by molar-refractivity contribution is -0.131. The van der Waals surface area contributed by atoms with Gasteiger partial charge in [0.2, 0.25) is 5.91 Å². The smallest absolute Gasteiger partial charge is 0.227 e. The van der Waals surface area contributed by atoms with Gasteiger partial charge in [0.1, 0.15) is 11.6 Å². The summed E-state index contributed by atoms with van der Waals surface area (Å²) in [5.41, 5.74) is 2.06. The number of anilines is 1. The zero-order chi connectivity index (χ0) is 18.5. The third-order valence-electron chi connectivity index (χ3n) is 4.77. The predicted octanol–water partition coefficient (Wildman–Crippen LogP) is 3.81. The van der Waals surface area contributed by atoms with Gasteiger partial charge in [-0.3, -0.25) is 4.79 Å². The molecule has 0 spiro atoms. The average molecular weight is 418 g/mol. The average Bonchev–Trinajstić information content (AvgIpc) is 2.65. The van der Waals surface area contributed by atoms with Gasteiger partial charge in [0, 0.05) is 35.4 Å². The predicted molar refractivity (Wildman–Crippen MR) is 107 cm³/mol. The molecule has 1 fully saturated rings. The van der Waals surface area contributed by atoms with Gasteiger partial charge in [-0.1, -0.05) is 18.2 Å². The van der Waals surface area contributed by atoms with Crippen molar-refractivity contribution in [2.24, 2.45) is 0 Å². The minimum Gasteiger partial charge on any atom is -0.496 e. The molecular formula is C20H24BrN3O2. The molecule has 1 N–H and O–H groups in total. The molecule has 0 bridgehead atoms. The molecule has 5 nitrogen and oxygen atoms in total. The van der Waals surface area contributed by atoms with Crippen LogP contribution in [0.15, 0.2) is 41.0 Å². The van der Waals surface area contributed by atoms with E-state index < -0.39 is 0 Å². The van der Waals surface area contributed by atoms with E-state index in [2.05, 4.69) is 32.3 Å². The number of nitrogens with zero attached hydrogens (tertiary/aromatic N) is 2. The van der Waals surface area contributed by atoms with Crippen LogP contribution in [0.2, 0.25) is 0 Å². The van der Waals surface area contributed by atoms with Crippen LogP contribution in [0.1, 0.15) is 24.0 Å². The monoisotopic (exact) mass is 417 g/mol. The van der Waals surface area contributed by atoms with Crippen molar-refractivity contribution in [3.05, 3.63) is 52.1 Å². The molecule has 0 radical (unpaired) electrons. The Labute approximate surface area is 162 Å². The summed E-state index contributed by atoms with van der Waals surface area (Å²) in [5, 5.41) is 3.51. The van der Waals surface area contributed by atoms with Crippen LogP contribution in [0.3, 0.4) is 0 Å². The Kier molecular flexibility index (Phi) is 6.14. The summed E-state index contributed by atoms with van der Waals surface area (Å²) in [6.07, 6.45) is 4.04. The zero-order valence-corrected chi connectivity index (χ0v) is 16.8. The summed E-state index contributed by atoms with van der Waals surface area (Å²) in [5.74, 6) is 1.85. The minimum absolute atomic E-state index is 0.158. The van der Waals surface area contributed by atoms with E-state index in [9.17, 15) is 4.79 Å². The van der Waals surface area contributed by atoms with Crippen molar-refractivity contribution in [3.8, 4) is 5.75 Å². The Morgan fingerprint density at radius 1 is 1.35 bits per heavy atom. The first-order valence-electron chi connectivity index (χ1n) is 8.85. The quantitative estimate of drug-likeness (QED) is 0.803. The summed E-state index contributed by atoms with van der Waals surface area (Å²) in [6, 6.07) is 10.1. The molecule has 0 unspecified atom stereocenters. The zero-order valence-electron chi connectivity index (χ0n) is 15.2. The Morgan fingerprint density at radius 3 is 2.77 bits per heavy atom. The molecule has 3 rings (SSSR count). The number of carbonyl (C=O) groups excluding carboxylic acids is 1. The van der Waals surface area contributed by atoms with Crippen molar-refractivity contribution in [2.45, 2.75) is 32.2 Å². The highest BCUT2D eigenvalue weighted by Gasteiger charge is 2.24. The maximum Gasteiger partial charge on any atom is 0.227 e. The number of benzene rings is 1. The highest BCUT2D eigenvalue weighted by molar-refractivity contribution is 9.10. The van der Waals surface area contributed by atoms with Crippen LogP contribution in [0.25, 0.3) is 0 Å². The fourth-order valence-electron chi connectivity index (χ4n) is 3.28. The van der Waals surface area contributed by atoms with Crippen molar-refractivity contribution < 1.29 is 9.53 Å². The number of likely N-dealkylation sites (tertiary alicyclic amines) is 1. The largest absolute Gasteiger partial charge is 0.496 e. The standard InChI is InChI=1S/C20H24BrN3O2/c1-14-11-16(21)13-22-20(14)23-17-7-9-24(10-8-17)19(25)12-15-5-3-4-6-18(15)26-2/h3-6,11,13,17H,7-10,12H2,1-2H3,(H,22,23). The van der Waals surface area contributed by atoms with Crippen LogP contribution < -0.4 is 10.1 Å². The Morgan fingerprint density at radius 2 is 2.08 bits per heavy atom. The minimum atomic E-state index is 0.158. The fraction of sp³-hybridized carbons (Fsp3) is 0.400. The normalized spacial score (nSPS) is 15.0. The number of carbonyl (C=O) groups is 1. The van der Waals surface area contributed by atoms with Gasteiger partial charge in [-0.05, 0) is 53.4 Å². The molecule has 6 heteroatoms. The number of aryl methyl sites for hydroxylation is 1. The fourth-order valence-corrected chi connectivity index (χ4v) is 3.73. The third kappa shape index (κ3) is 4.55. The maximum atomic E-state index is 12.6. The van der Waals surface area contributed by atoms with E-state index in [1.54, 1.807) is 13.3 Å². The van der Waals surface area contributed by atoms with E-state index in [4.69, 9.17) is 4.74 Å². The van der Waals surface area contributed by atoms with E-state index in [-0.39, 0.29) is 5.91 Å². The second-order valence-electron chi connectivity index (χ2n) is 6.61. The molecule has 1 aliphatic heterocycles. The van der Waals surface area contributed by atoms with E-state index >= 15 is 0 Å². The van der Waals surface area contributed by atoms with Gasteiger partial charge in [0.05, 0.1) is 13.5 Å². The first-order chi connectivity index (χ1) is 12.6. The molecule has 2 aromatic rings. The van der Waals surface area contributed by atoms with E-state index in [1.165, 1.54) is 0 Å². The maximum absolute atomic E-state index is 12.6. The van der Waals surface area contributed by atoms with Gasteiger partial charge in [-0.15, -0.1) is 0 Å². The summed E-state index contributed by atoms with van der Waals surface area (Å²) in [7, 11) is 1.64. The van der Waals surface area contributed by atoms with Gasteiger partial charge in [0.25, 0.3) is 0 Å². The van der Waals surface area contributed by atoms with E-state index in [0.717, 1.165) is 53.1 Å². The van der Waals surface area contributed by atoms with Gasteiger partial charge < -0.3 is 15.0 Å². The molecule has 26 heavy (non-hydrogen) atoms. The number of rotatable bonds is 5. The lowest BCUT2D eigenvalue weighted by Gasteiger charge is -2.33. The number of pyridine rings is 1. The molecule has 1 aromatic heterocycles. The summed E-state index contributed by atoms with van der Waals surface area (Å²) in [4.78, 5) is 19.0. The highest BCUT2D eigenvalue weighted by atomic mass is 79.9. The van der Waals surface area contributed by atoms with Crippen molar-refractivity contribution >= 4 is 27.7 Å². The van der Waals surface area contributed by atoms with Crippen molar-refractivity contribution in [2.75, 3.05) is 25.5 Å². The SMILES string of the molecule is COc1ccccc1CC(=O)N1CCC(Nc2ncc(Br)cc2C)CC1. The second-order valence-corrected chi connectivity index (χ2v) is 7.52. The number of hydrogen-bond acceptors (Lipinski definition) is 4. The number of methoxy groups -OCH3 is 1. The number of hydrogen-bond donors (Lipinski definition) is 1. The topological polar surface area (TPSA) is 54.5 Å². The molecule has 1 aromatic carbocycles. The molecule has 1 aliphatic rings. The number of aromatic nitrogens is 1. The van der Waals surface area contributed by atoms with Gasteiger partial charge in [0.15, 0.2) is 0 Å². The van der Waals surface area contributed by atoms with Crippen LogP contribution in [-0.2, 0) is 11.2 Å². The van der Waals surface area contributed by atoms with E-state index in [1.807, 2.05) is 36.1 Å². The van der Waals surface area contributed by atoms with Gasteiger partial charge >= 0.3 is 0 Å². The van der Waals surface area contributed by atoms with Crippen LogP contribution in [0.5, 0.6) is 5.75 Å². The van der Waals surface area contributed by atoms with Crippen LogP contribution in [0.4, 0.5) is 5.82 Å². The summed E-state index contributed by atoms with van der Waals surface area (Å²) < 4.78 is 6.33. The highest BCUT2D eigenvalue weighted by Crippen LogP contribution is 2.22. The Hall–Kier alpha value is -2.08. The molecule has 0 aliphatic carbocycles. The van der Waals surface area contributed by atoms with Crippen LogP contribution in [-0.4, -0.2) is 42.0 Å². The first kappa shape index (κ1) is 18.7. The van der Waals surface area contributed by atoms with Crippen LogP contribution in [0, 0.1) is 6.92 Å². The second kappa shape index (κ2) is 8.54. The first-order valence-corrected chi connectivity index (χ1v) is 9.64. The molecule has 2 heterocycles. The molecule has 0 atom stereocenters. The van der Waals surface area contributed by atoms with Crippen molar-refractivity contribution in [1.29, 1.82) is 0 Å². The van der Waals surface area contributed by atoms with Crippen LogP contribution >= 0.6 is 15.9 Å². The Bertz CT molecular complexity index is 773. The Balaban J connectivity index is 1.54. The van der Waals surface area contributed by atoms with Gasteiger partial charge in [-0.2, -0.15) is 0 Å².